The fourth-order valence-corrected chi connectivity index (χ4v) is 1.46. The van der Waals surface area contributed by atoms with Gasteiger partial charge in [0, 0.05) is 26.1 Å². The van der Waals surface area contributed by atoms with E-state index < -0.39 is 5.82 Å². The van der Waals surface area contributed by atoms with E-state index in [1.807, 2.05) is 13.8 Å². The lowest BCUT2D eigenvalue weighted by molar-refractivity contribution is -0.120. The molecular weight excluding hydrogens is 261 g/mol. The van der Waals surface area contributed by atoms with Crippen molar-refractivity contribution >= 4 is 17.7 Å². The molecular formula is C13H22FN5O. The van der Waals surface area contributed by atoms with E-state index in [0.717, 1.165) is 25.6 Å². The molecule has 0 bridgehead atoms. The van der Waals surface area contributed by atoms with E-state index in [-0.39, 0.29) is 18.1 Å². The first kappa shape index (κ1) is 16.1. The zero-order chi connectivity index (χ0) is 14.8. The molecule has 1 heterocycles. The van der Waals surface area contributed by atoms with Gasteiger partial charge in [-0.25, -0.2) is 9.37 Å². The molecule has 0 saturated carbocycles. The van der Waals surface area contributed by atoms with E-state index >= 15 is 0 Å². The monoisotopic (exact) mass is 283 g/mol. The summed E-state index contributed by atoms with van der Waals surface area (Å²) in [6.07, 6.45) is 3.22. The van der Waals surface area contributed by atoms with E-state index in [1.54, 1.807) is 0 Å². The van der Waals surface area contributed by atoms with Gasteiger partial charge in [0.15, 0.2) is 11.6 Å². The SMILES string of the molecule is CCCNC(=O)CCNc1nc(NCCC)ncc1F. The predicted molar refractivity (Wildman–Crippen MR) is 77.2 cm³/mol. The van der Waals surface area contributed by atoms with Crippen LogP contribution < -0.4 is 16.0 Å². The minimum Gasteiger partial charge on any atom is -0.367 e. The summed E-state index contributed by atoms with van der Waals surface area (Å²) in [5, 5.41) is 8.55. The summed E-state index contributed by atoms with van der Waals surface area (Å²) in [6.45, 7) is 5.72. The highest BCUT2D eigenvalue weighted by Gasteiger charge is 2.07. The lowest BCUT2D eigenvalue weighted by Gasteiger charge is -2.09. The summed E-state index contributed by atoms with van der Waals surface area (Å²) in [5.74, 6) is -0.0905. The summed E-state index contributed by atoms with van der Waals surface area (Å²) >= 11 is 0. The second kappa shape index (κ2) is 9.06. The Morgan fingerprint density at radius 1 is 1.20 bits per heavy atom. The lowest BCUT2D eigenvalue weighted by Crippen LogP contribution is -2.26. The molecule has 1 amide bonds. The highest BCUT2D eigenvalue weighted by molar-refractivity contribution is 5.76. The molecule has 0 unspecified atom stereocenters. The van der Waals surface area contributed by atoms with Crippen molar-refractivity contribution in [2.75, 3.05) is 30.3 Å². The van der Waals surface area contributed by atoms with Gasteiger partial charge in [-0.15, -0.1) is 0 Å². The second-order valence-electron chi connectivity index (χ2n) is 4.34. The molecule has 0 fully saturated rings. The standard InChI is InChI=1S/C13H22FN5O/c1-3-6-15-11(20)5-8-16-12-10(14)9-18-13(19-12)17-7-4-2/h9H,3-8H2,1-2H3,(H,15,20)(H2,16,17,18,19). The summed E-state index contributed by atoms with van der Waals surface area (Å²) in [4.78, 5) is 19.3. The van der Waals surface area contributed by atoms with Crippen LogP contribution in [0.15, 0.2) is 6.20 Å². The average Bonchev–Trinajstić information content (AvgIpc) is 2.45. The Morgan fingerprint density at radius 2 is 1.95 bits per heavy atom. The Bertz CT molecular complexity index is 427. The highest BCUT2D eigenvalue weighted by atomic mass is 19.1. The van der Waals surface area contributed by atoms with Gasteiger partial charge in [-0.2, -0.15) is 4.98 Å². The number of anilines is 2. The number of amides is 1. The Labute approximate surface area is 118 Å². The first-order valence-corrected chi connectivity index (χ1v) is 6.94. The maximum absolute atomic E-state index is 13.5. The van der Waals surface area contributed by atoms with Crippen molar-refractivity contribution in [1.29, 1.82) is 0 Å². The average molecular weight is 283 g/mol. The number of carbonyl (C=O) groups is 1. The van der Waals surface area contributed by atoms with Crippen molar-refractivity contribution in [1.82, 2.24) is 15.3 Å². The van der Waals surface area contributed by atoms with Crippen molar-refractivity contribution in [3.63, 3.8) is 0 Å². The number of rotatable bonds is 9. The fourth-order valence-electron chi connectivity index (χ4n) is 1.46. The largest absolute Gasteiger partial charge is 0.367 e. The van der Waals surface area contributed by atoms with Gasteiger partial charge in [0.25, 0.3) is 0 Å². The van der Waals surface area contributed by atoms with Crippen LogP contribution in [-0.4, -0.2) is 35.5 Å². The molecule has 7 heteroatoms. The minimum atomic E-state index is -0.527. The molecule has 1 aromatic heterocycles. The van der Waals surface area contributed by atoms with Crippen LogP contribution in [0.1, 0.15) is 33.1 Å². The Morgan fingerprint density at radius 3 is 2.65 bits per heavy atom. The molecule has 0 aliphatic carbocycles. The maximum atomic E-state index is 13.5. The van der Waals surface area contributed by atoms with Crippen molar-refractivity contribution in [2.45, 2.75) is 33.1 Å². The van der Waals surface area contributed by atoms with Crippen LogP contribution >= 0.6 is 0 Å². The third-order valence-corrected chi connectivity index (χ3v) is 2.49. The van der Waals surface area contributed by atoms with Crippen molar-refractivity contribution in [3.8, 4) is 0 Å². The van der Waals surface area contributed by atoms with Crippen molar-refractivity contribution < 1.29 is 9.18 Å². The summed E-state index contributed by atoms with van der Waals surface area (Å²) in [5.41, 5.74) is 0. The van der Waals surface area contributed by atoms with E-state index in [1.165, 1.54) is 0 Å². The first-order chi connectivity index (χ1) is 9.67. The van der Waals surface area contributed by atoms with E-state index in [4.69, 9.17) is 0 Å². The molecule has 0 radical (unpaired) electrons. The minimum absolute atomic E-state index is 0.0573. The molecule has 0 aromatic carbocycles. The quantitative estimate of drug-likeness (QED) is 0.643. The molecule has 20 heavy (non-hydrogen) atoms. The van der Waals surface area contributed by atoms with E-state index in [0.29, 0.717) is 19.0 Å². The molecule has 6 nitrogen and oxygen atoms in total. The number of carbonyl (C=O) groups excluding carboxylic acids is 1. The Kier molecular flexibility index (Phi) is 7.31. The topological polar surface area (TPSA) is 78.9 Å². The van der Waals surface area contributed by atoms with Crippen LogP contribution in [0, 0.1) is 5.82 Å². The number of aromatic nitrogens is 2. The van der Waals surface area contributed by atoms with Crippen LogP contribution in [0.5, 0.6) is 0 Å². The molecule has 0 spiro atoms. The molecule has 0 atom stereocenters. The zero-order valence-electron chi connectivity index (χ0n) is 12.0. The first-order valence-electron chi connectivity index (χ1n) is 6.94. The maximum Gasteiger partial charge on any atom is 0.224 e. The van der Waals surface area contributed by atoms with E-state index in [9.17, 15) is 9.18 Å². The van der Waals surface area contributed by atoms with Crippen LogP contribution in [0.3, 0.4) is 0 Å². The van der Waals surface area contributed by atoms with Crippen molar-refractivity contribution in [3.05, 3.63) is 12.0 Å². The number of hydrogen-bond acceptors (Lipinski definition) is 5. The van der Waals surface area contributed by atoms with Gasteiger partial charge in [0.1, 0.15) is 0 Å². The molecule has 1 rings (SSSR count). The van der Waals surface area contributed by atoms with Gasteiger partial charge in [-0.3, -0.25) is 4.79 Å². The number of nitrogens with one attached hydrogen (secondary N) is 3. The van der Waals surface area contributed by atoms with Crippen LogP contribution in [-0.2, 0) is 4.79 Å². The summed E-state index contributed by atoms with van der Waals surface area (Å²) < 4.78 is 13.5. The summed E-state index contributed by atoms with van der Waals surface area (Å²) in [6, 6.07) is 0. The number of hydrogen-bond donors (Lipinski definition) is 3. The number of nitrogens with zero attached hydrogens (tertiary/aromatic N) is 2. The van der Waals surface area contributed by atoms with Gasteiger partial charge in [0.2, 0.25) is 11.9 Å². The predicted octanol–water partition coefficient (Wildman–Crippen LogP) is 1.77. The van der Waals surface area contributed by atoms with Crippen molar-refractivity contribution in [2.24, 2.45) is 0 Å². The lowest BCUT2D eigenvalue weighted by atomic mass is 10.3. The molecule has 3 N–H and O–H groups in total. The molecule has 0 saturated heterocycles. The Hall–Kier alpha value is -1.92. The van der Waals surface area contributed by atoms with Gasteiger partial charge in [0.05, 0.1) is 6.20 Å². The highest BCUT2D eigenvalue weighted by Crippen LogP contribution is 2.11. The molecule has 112 valence electrons. The zero-order valence-corrected chi connectivity index (χ0v) is 12.0. The van der Waals surface area contributed by atoms with Crippen LogP contribution in [0.25, 0.3) is 0 Å². The van der Waals surface area contributed by atoms with Gasteiger partial charge < -0.3 is 16.0 Å². The van der Waals surface area contributed by atoms with Gasteiger partial charge >= 0.3 is 0 Å². The van der Waals surface area contributed by atoms with Crippen LogP contribution in [0.4, 0.5) is 16.2 Å². The molecule has 1 aromatic rings. The van der Waals surface area contributed by atoms with Gasteiger partial charge in [-0.1, -0.05) is 13.8 Å². The van der Waals surface area contributed by atoms with E-state index in [2.05, 4.69) is 25.9 Å². The second-order valence-corrected chi connectivity index (χ2v) is 4.34. The van der Waals surface area contributed by atoms with Crippen LogP contribution in [0.2, 0.25) is 0 Å². The molecule has 0 aliphatic heterocycles. The number of halogens is 1. The smallest absolute Gasteiger partial charge is 0.224 e. The van der Waals surface area contributed by atoms with Gasteiger partial charge in [-0.05, 0) is 12.8 Å². The normalized spacial score (nSPS) is 10.2. The Balaban J connectivity index is 2.44. The third-order valence-electron chi connectivity index (χ3n) is 2.49. The summed E-state index contributed by atoms with van der Waals surface area (Å²) in [7, 11) is 0. The third kappa shape index (κ3) is 5.81. The molecule has 0 aliphatic rings. The fraction of sp³-hybridized carbons (Fsp3) is 0.615.